The van der Waals surface area contributed by atoms with Crippen molar-refractivity contribution in [2.75, 3.05) is 0 Å². The van der Waals surface area contributed by atoms with E-state index in [-0.39, 0.29) is 0 Å². The highest BCUT2D eigenvalue weighted by molar-refractivity contribution is 9.11. The summed E-state index contributed by atoms with van der Waals surface area (Å²) in [5.41, 5.74) is 0.894. The van der Waals surface area contributed by atoms with Crippen molar-refractivity contribution < 1.29 is 14.7 Å². The molecule has 0 spiro atoms. The molecular formula is C15H11Br2NO3. The van der Waals surface area contributed by atoms with Crippen LogP contribution in [0.4, 0.5) is 0 Å². The highest BCUT2D eigenvalue weighted by Crippen LogP contribution is 2.21. The van der Waals surface area contributed by atoms with Crippen LogP contribution in [0, 0.1) is 0 Å². The molecule has 0 fully saturated rings. The molecule has 1 atom stereocenters. The summed E-state index contributed by atoms with van der Waals surface area (Å²) in [6.07, 6.45) is 0. The van der Waals surface area contributed by atoms with E-state index in [2.05, 4.69) is 37.2 Å². The maximum Gasteiger partial charge on any atom is 0.330 e. The van der Waals surface area contributed by atoms with Gasteiger partial charge in [-0.3, -0.25) is 4.79 Å². The summed E-state index contributed by atoms with van der Waals surface area (Å²) in [5, 5.41) is 11.8. The molecule has 6 heteroatoms. The van der Waals surface area contributed by atoms with Gasteiger partial charge in [0.25, 0.3) is 5.91 Å². The smallest absolute Gasteiger partial charge is 0.330 e. The van der Waals surface area contributed by atoms with E-state index in [1.807, 2.05) is 0 Å². The third-order valence-corrected chi connectivity index (χ3v) is 3.70. The largest absolute Gasteiger partial charge is 0.479 e. The Bertz CT molecular complexity index is 654. The fraction of sp³-hybridized carbons (Fsp3) is 0.0667. The van der Waals surface area contributed by atoms with Crippen molar-refractivity contribution in [3.05, 3.63) is 68.6 Å². The quantitative estimate of drug-likeness (QED) is 0.803. The number of carbonyl (C=O) groups is 2. The molecule has 4 nitrogen and oxygen atoms in total. The first-order chi connectivity index (χ1) is 9.97. The number of carbonyl (C=O) groups excluding carboxylic acids is 1. The zero-order valence-corrected chi connectivity index (χ0v) is 13.9. The number of rotatable bonds is 4. The Morgan fingerprint density at radius 1 is 1.00 bits per heavy atom. The number of carboxylic acids is 1. The second-order valence-corrected chi connectivity index (χ2v) is 6.14. The molecule has 0 heterocycles. The summed E-state index contributed by atoms with van der Waals surface area (Å²) in [6, 6.07) is 12.5. The Kier molecular flexibility index (Phi) is 5.14. The van der Waals surface area contributed by atoms with E-state index in [9.17, 15) is 14.7 Å². The van der Waals surface area contributed by atoms with Crippen LogP contribution in [0.2, 0.25) is 0 Å². The first-order valence-corrected chi connectivity index (χ1v) is 7.60. The molecule has 2 aromatic rings. The number of hydrogen-bond acceptors (Lipinski definition) is 2. The van der Waals surface area contributed by atoms with Crippen LogP contribution in [-0.4, -0.2) is 17.0 Å². The molecule has 0 aliphatic heterocycles. The average Bonchev–Trinajstić information content (AvgIpc) is 2.44. The average molecular weight is 413 g/mol. The number of amides is 1. The summed E-state index contributed by atoms with van der Waals surface area (Å²) in [5.74, 6) is -1.56. The minimum Gasteiger partial charge on any atom is -0.479 e. The van der Waals surface area contributed by atoms with Crippen molar-refractivity contribution in [1.82, 2.24) is 5.32 Å². The summed E-state index contributed by atoms with van der Waals surface area (Å²) < 4.78 is 1.46. The van der Waals surface area contributed by atoms with Crippen molar-refractivity contribution in [2.24, 2.45) is 0 Å². The van der Waals surface area contributed by atoms with Gasteiger partial charge in [0.2, 0.25) is 0 Å². The van der Waals surface area contributed by atoms with Crippen LogP contribution < -0.4 is 5.32 Å². The van der Waals surface area contributed by atoms with E-state index in [0.29, 0.717) is 11.1 Å². The van der Waals surface area contributed by atoms with Crippen LogP contribution in [0.1, 0.15) is 22.0 Å². The molecule has 2 N–H and O–H groups in total. The van der Waals surface area contributed by atoms with Gasteiger partial charge < -0.3 is 10.4 Å². The maximum absolute atomic E-state index is 12.2. The Morgan fingerprint density at radius 3 is 2.10 bits per heavy atom. The van der Waals surface area contributed by atoms with Crippen molar-refractivity contribution in [3.8, 4) is 0 Å². The molecule has 0 aliphatic rings. The highest BCUT2D eigenvalue weighted by atomic mass is 79.9. The Labute approximate surface area is 138 Å². The first-order valence-electron chi connectivity index (χ1n) is 6.02. The number of halogens is 2. The lowest BCUT2D eigenvalue weighted by Crippen LogP contribution is -2.33. The molecule has 21 heavy (non-hydrogen) atoms. The number of carboxylic acid groups (broad SMARTS) is 1. The van der Waals surface area contributed by atoms with Crippen molar-refractivity contribution in [3.63, 3.8) is 0 Å². The van der Waals surface area contributed by atoms with Gasteiger partial charge in [0.15, 0.2) is 6.04 Å². The van der Waals surface area contributed by atoms with Crippen LogP contribution in [0.15, 0.2) is 57.5 Å². The second kappa shape index (κ2) is 6.87. The second-order valence-electron chi connectivity index (χ2n) is 4.31. The van der Waals surface area contributed by atoms with Crippen LogP contribution in [0.3, 0.4) is 0 Å². The molecule has 0 bridgehead atoms. The van der Waals surface area contributed by atoms with Crippen molar-refractivity contribution in [2.45, 2.75) is 6.04 Å². The van der Waals surface area contributed by atoms with Gasteiger partial charge >= 0.3 is 5.97 Å². The molecule has 0 saturated heterocycles. The number of benzene rings is 2. The van der Waals surface area contributed by atoms with Gasteiger partial charge in [0.1, 0.15) is 0 Å². The van der Waals surface area contributed by atoms with Gasteiger partial charge in [-0.2, -0.15) is 0 Å². The third-order valence-electron chi connectivity index (χ3n) is 2.78. The van der Waals surface area contributed by atoms with E-state index in [0.717, 1.165) is 8.95 Å². The SMILES string of the molecule is O=C(NC(C(=O)O)c1ccccc1)c1cc(Br)cc(Br)c1. The van der Waals surface area contributed by atoms with Crippen LogP contribution >= 0.6 is 31.9 Å². The minimum absolute atomic E-state index is 0.374. The van der Waals surface area contributed by atoms with Gasteiger partial charge in [-0.1, -0.05) is 62.2 Å². The maximum atomic E-state index is 12.2. The van der Waals surface area contributed by atoms with Gasteiger partial charge in [-0.05, 0) is 23.8 Å². The van der Waals surface area contributed by atoms with E-state index in [4.69, 9.17) is 0 Å². The molecule has 2 aromatic carbocycles. The summed E-state index contributed by atoms with van der Waals surface area (Å²) in [7, 11) is 0. The molecule has 0 aliphatic carbocycles. The highest BCUT2D eigenvalue weighted by Gasteiger charge is 2.22. The van der Waals surface area contributed by atoms with Crippen molar-refractivity contribution in [1.29, 1.82) is 0 Å². The zero-order valence-electron chi connectivity index (χ0n) is 10.7. The molecule has 0 aromatic heterocycles. The fourth-order valence-electron chi connectivity index (χ4n) is 1.83. The fourth-order valence-corrected chi connectivity index (χ4v) is 3.13. The predicted molar refractivity (Wildman–Crippen MR) is 86.1 cm³/mol. The molecule has 1 amide bonds. The van der Waals surface area contributed by atoms with E-state index in [1.165, 1.54) is 0 Å². The monoisotopic (exact) mass is 411 g/mol. The van der Waals surface area contributed by atoms with Crippen LogP contribution in [0.25, 0.3) is 0 Å². The standard InChI is InChI=1S/C15H11Br2NO3/c16-11-6-10(7-12(17)8-11)14(19)18-13(15(20)21)9-4-2-1-3-5-9/h1-8,13H,(H,18,19)(H,20,21). The molecule has 0 saturated carbocycles. The van der Waals surface area contributed by atoms with Gasteiger partial charge in [0, 0.05) is 14.5 Å². The van der Waals surface area contributed by atoms with E-state index < -0.39 is 17.9 Å². The topological polar surface area (TPSA) is 66.4 Å². The van der Waals surface area contributed by atoms with E-state index in [1.54, 1.807) is 48.5 Å². The van der Waals surface area contributed by atoms with Crippen molar-refractivity contribution >= 4 is 43.7 Å². The van der Waals surface area contributed by atoms with Gasteiger partial charge in [0.05, 0.1) is 0 Å². The summed E-state index contributed by atoms with van der Waals surface area (Å²) >= 11 is 6.59. The molecule has 108 valence electrons. The lowest BCUT2D eigenvalue weighted by Gasteiger charge is -2.15. The Balaban J connectivity index is 2.25. The lowest BCUT2D eigenvalue weighted by molar-refractivity contribution is -0.139. The Hall–Kier alpha value is -1.66. The predicted octanol–water partition coefficient (Wildman–Crippen LogP) is 3.77. The summed E-state index contributed by atoms with van der Waals surface area (Å²) in [6.45, 7) is 0. The lowest BCUT2D eigenvalue weighted by atomic mass is 10.1. The third kappa shape index (κ3) is 4.15. The molecule has 0 radical (unpaired) electrons. The Morgan fingerprint density at radius 2 is 1.57 bits per heavy atom. The minimum atomic E-state index is -1.11. The molecular weight excluding hydrogens is 402 g/mol. The first kappa shape index (κ1) is 15.7. The zero-order chi connectivity index (χ0) is 15.4. The number of aliphatic carboxylic acids is 1. The number of nitrogens with one attached hydrogen (secondary N) is 1. The molecule has 2 rings (SSSR count). The van der Waals surface area contributed by atoms with Crippen LogP contribution in [-0.2, 0) is 4.79 Å². The van der Waals surface area contributed by atoms with Crippen LogP contribution in [0.5, 0.6) is 0 Å². The summed E-state index contributed by atoms with van der Waals surface area (Å²) in [4.78, 5) is 23.6. The number of hydrogen-bond donors (Lipinski definition) is 2. The normalized spacial score (nSPS) is 11.7. The molecule has 1 unspecified atom stereocenters. The van der Waals surface area contributed by atoms with Gasteiger partial charge in [-0.25, -0.2) is 4.79 Å². The van der Waals surface area contributed by atoms with E-state index >= 15 is 0 Å². The van der Waals surface area contributed by atoms with Gasteiger partial charge in [-0.15, -0.1) is 0 Å².